The van der Waals surface area contributed by atoms with Gasteiger partial charge in [0.05, 0.1) is 22.8 Å². The first-order chi connectivity index (χ1) is 19.1. The summed E-state index contributed by atoms with van der Waals surface area (Å²) in [5.74, 6) is 1.09. The summed E-state index contributed by atoms with van der Waals surface area (Å²) in [6.45, 7) is 8.56. The number of piperazine rings is 1. The zero-order valence-electron chi connectivity index (χ0n) is 22.2. The molecule has 0 aliphatic carbocycles. The van der Waals surface area contributed by atoms with Crippen molar-refractivity contribution in [3.05, 3.63) is 87.4 Å². The number of rotatable bonds is 9. The second-order valence-electron chi connectivity index (χ2n) is 9.93. The maximum Gasteiger partial charge on any atom is 0.186 e. The molecule has 0 N–H and O–H groups in total. The first kappa shape index (κ1) is 25.8. The van der Waals surface area contributed by atoms with Crippen LogP contribution in [0.2, 0.25) is 0 Å². The van der Waals surface area contributed by atoms with Crippen LogP contribution in [0.15, 0.2) is 60.0 Å². The van der Waals surface area contributed by atoms with E-state index in [9.17, 15) is 4.79 Å². The van der Waals surface area contributed by atoms with E-state index >= 15 is 0 Å². The molecule has 1 aliphatic rings. The van der Waals surface area contributed by atoms with Crippen LogP contribution in [0, 0.1) is 6.92 Å². The fourth-order valence-corrected chi connectivity index (χ4v) is 7.08. The van der Waals surface area contributed by atoms with Gasteiger partial charge in [0.1, 0.15) is 0 Å². The highest BCUT2D eigenvalue weighted by Crippen LogP contribution is 2.32. The van der Waals surface area contributed by atoms with Crippen molar-refractivity contribution in [2.45, 2.75) is 39.3 Å². The van der Waals surface area contributed by atoms with Gasteiger partial charge in [0, 0.05) is 43.0 Å². The van der Waals surface area contributed by atoms with Crippen LogP contribution in [0.1, 0.15) is 51.6 Å². The van der Waals surface area contributed by atoms with Crippen molar-refractivity contribution in [1.29, 1.82) is 0 Å². The molecule has 39 heavy (non-hydrogen) atoms. The second-order valence-corrected chi connectivity index (χ2v) is 12.0. The Balaban J connectivity index is 1.12. The first-order valence-electron chi connectivity index (χ1n) is 13.3. The normalized spacial score (nSPS) is 15.2. The van der Waals surface area contributed by atoms with Crippen molar-refractivity contribution in [2.24, 2.45) is 0 Å². The van der Waals surface area contributed by atoms with E-state index in [-0.39, 0.29) is 11.8 Å². The van der Waals surface area contributed by atoms with E-state index in [0.29, 0.717) is 13.0 Å². The Kier molecular flexibility index (Phi) is 7.49. The molecular formula is C29H31N7OS2. The number of Topliss-reactive ketones (excluding diaryl/α,β-unsaturated/α-hetero) is 1. The molecule has 3 aromatic heterocycles. The Morgan fingerprint density at radius 2 is 1.90 bits per heavy atom. The molecular weight excluding hydrogens is 527 g/mol. The lowest BCUT2D eigenvalue weighted by atomic mass is 9.99. The smallest absolute Gasteiger partial charge is 0.186 e. The maximum atomic E-state index is 12.9. The largest absolute Gasteiger partial charge is 0.345 e. The number of anilines is 1. The number of hydrogen-bond donors (Lipinski definition) is 0. The molecule has 1 unspecified atom stereocenters. The summed E-state index contributed by atoms with van der Waals surface area (Å²) in [5.41, 5.74) is 3.84. The predicted octanol–water partition coefficient (Wildman–Crippen LogP) is 5.40. The minimum atomic E-state index is 0.153. The minimum Gasteiger partial charge on any atom is -0.345 e. The number of thiophene rings is 1. The van der Waals surface area contributed by atoms with Gasteiger partial charge in [-0.2, -0.15) is 0 Å². The number of thiazole rings is 1. The van der Waals surface area contributed by atoms with Gasteiger partial charge in [-0.15, -0.1) is 16.4 Å². The van der Waals surface area contributed by atoms with Crippen LogP contribution in [-0.2, 0) is 13.0 Å². The third-order valence-corrected chi connectivity index (χ3v) is 9.35. The standard InChI is InChI=1S/C29H31N7OS2/c1-3-25(28-31-32-33-36(28)19-22-8-6-16-38-22)34-12-14-35(15-13-34)29-30-24-11-10-21(18-27(24)39-29)17-26(37)23-9-5-4-7-20(23)2/h4-11,16,18,25H,3,12-15,17,19H2,1-2H3. The lowest BCUT2D eigenvalue weighted by Gasteiger charge is -2.38. The van der Waals surface area contributed by atoms with Crippen molar-refractivity contribution in [2.75, 3.05) is 31.1 Å². The van der Waals surface area contributed by atoms with E-state index in [2.05, 4.69) is 55.8 Å². The number of aromatic nitrogens is 5. The molecule has 1 fully saturated rings. The summed E-state index contributed by atoms with van der Waals surface area (Å²) in [4.78, 5) is 23.9. The predicted molar refractivity (Wildman–Crippen MR) is 157 cm³/mol. The van der Waals surface area contributed by atoms with E-state index in [4.69, 9.17) is 4.98 Å². The Labute approximate surface area is 235 Å². The lowest BCUT2D eigenvalue weighted by molar-refractivity contribution is 0.0992. The molecule has 1 atom stereocenters. The van der Waals surface area contributed by atoms with Gasteiger partial charge in [0.25, 0.3) is 0 Å². The number of benzene rings is 2. The third kappa shape index (κ3) is 5.50. The third-order valence-electron chi connectivity index (χ3n) is 7.41. The average Bonchev–Trinajstić information content (AvgIpc) is 3.72. The number of ketones is 1. The first-order valence-corrected chi connectivity index (χ1v) is 15.0. The fraction of sp³-hybridized carbons (Fsp3) is 0.345. The molecule has 8 nitrogen and oxygen atoms in total. The highest BCUT2D eigenvalue weighted by Gasteiger charge is 2.29. The zero-order chi connectivity index (χ0) is 26.8. The molecule has 0 spiro atoms. The van der Waals surface area contributed by atoms with Gasteiger partial charge < -0.3 is 4.90 Å². The highest BCUT2D eigenvalue weighted by molar-refractivity contribution is 7.22. The van der Waals surface area contributed by atoms with E-state index < -0.39 is 0 Å². The number of hydrogen-bond acceptors (Lipinski definition) is 9. The van der Waals surface area contributed by atoms with E-state index in [0.717, 1.165) is 70.5 Å². The van der Waals surface area contributed by atoms with Gasteiger partial charge in [-0.25, -0.2) is 9.67 Å². The number of tetrazole rings is 1. The zero-order valence-corrected chi connectivity index (χ0v) is 23.8. The SMILES string of the molecule is CCC(c1nnnn1Cc1cccs1)N1CCN(c2nc3ccc(CC(=O)c4ccccc4C)cc3s2)CC1. The van der Waals surface area contributed by atoms with Crippen LogP contribution in [0.3, 0.4) is 0 Å². The Bertz CT molecular complexity index is 1570. The minimum absolute atomic E-state index is 0.153. The molecule has 10 heteroatoms. The summed E-state index contributed by atoms with van der Waals surface area (Å²) in [7, 11) is 0. The van der Waals surface area contributed by atoms with Gasteiger partial charge in [-0.1, -0.05) is 54.7 Å². The van der Waals surface area contributed by atoms with Gasteiger partial charge in [0.2, 0.25) is 0 Å². The number of aryl methyl sites for hydroxylation is 1. The average molecular weight is 558 g/mol. The molecule has 0 saturated carbocycles. The molecule has 1 aliphatic heterocycles. The van der Waals surface area contributed by atoms with Crippen LogP contribution in [0.5, 0.6) is 0 Å². The van der Waals surface area contributed by atoms with Crippen LogP contribution >= 0.6 is 22.7 Å². The van der Waals surface area contributed by atoms with Crippen LogP contribution in [-0.4, -0.2) is 62.1 Å². The summed E-state index contributed by atoms with van der Waals surface area (Å²) in [6.07, 6.45) is 1.35. The van der Waals surface area contributed by atoms with Crippen molar-refractivity contribution in [3.8, 4) is 0 Å². The molecule has 1 saturated heterocycles. The van der Waals surface area contributed by atoms with Gasteiger partial charge in [-0.3, -0.25) is 9.69 Å². The molecule has 4 heterocycles. The molecule has 6 rings (SSSR count). The molecule has 200 valence electrons. The molecule has 5 aromatic rings. The summed E-state index contributed by atoms with van der Waals surface area (Å²) >= 11 is 3.44. The topological polar surface area (TPSA) is 80.0 Å². The summed E-state index contributed by atoms with van der Waals surface area (Å²) < 4.78 is 3.07. The second kappa shape index (κ2) is 11.3. The lowest BCUT2D eigenvalue weighted by Crippen LogP contribution is -2.48. The van der Waals surface area contributed by atoms with Gasteiger partial charge in [-0.05, 0) is 58.5 Å². The Morgan fingerprint density at radius 3 is 2.67 bits per heavy atom. The fourth-order valence-electron chi connectivity index (χ4n) is 5.31. The monoisotopic (exact) mass is 557 g/mol. The molecule has 0 radical (unpaired) electrons. The van der Waals surface area contributed by atoms with Crippen LogP contribution in [0.25, 0.3) is 10.2 Å². The van der Waals surface area contributed by atoms with Crippen LogP contribution < -0.4 is 4.90 Å². The molecule has 0 amide bonds. The van der Waals surface area contributed by atoms with Crippen LogP contribution in [0.4, 0.5) is 5.13 Å². The highest BCUT2D eigenvalue weighted by atomic mass is 32.1. The number of fused-ring (bicyclic) bond motifs is 1. The van der Waals surface area contributed by atoms with Gasteiger partial charge in [0.15, 0.2) is 16.7 Å². The van der Waals surface area contributed by atoms with Gasteiger partial charge >= 0.3 is 0 Å². The number of carbonyl (C=O) groups is 1. The summed E-state index contributed by atoms with van der Waals surface area (Å²) in [6, 6.07) is 18.4. The van der Waals surface area contributed by atoms with Crippen molar-refractivity contribution in [1.82, 2.24) is 30.1 Å². The van der Waals surface area contributed by atoms with Crippen molar-refractivity contribution >= 4 is 43.8 Å². The number of carbonyl (C=O) groups excluding carboxylic acids is 1. The van der Waals surface area contributed by atoms with E-state index in [1.165, 1.54) is 4.88 Å². The maximum absolute atomic E-state index is 12.9. The molecule has 0 bridgehead atoms. The number of nitrogens with zero attached hydrogens (tertiary/aromatic N) is 7. The van der Waals surface area contributed by atoms with Crippen molar-refractivity contribution < 1.29 is 4.79 Å². The summed E-state index contributed by atoms with van der Waals surface area (Å²) in [5, 5.41) is 15.8. The Hall–Kier alpha value is -3.47. The van der Waals surface area contributed by atoms with E-state index in [1.54, 1.807) is 22.7 Å². The quantitative estimate of drug-likeness (QED) is 0.225. The van der Waals surface area contributed by atoms with E-state index in [1.807, 2.05) is 48.0 Å². The van der Waals surface area contributed by atoms with Crippen molar-refractivity contribution in [3.63, 3.8) is 0 Å². The molecule has 2 aromatic carbocycles. The Morgan fingerprint density at radius 1 is 1.05 bits per heavy atom.